The molecule has 1 aliphatic heterocycles. The second-order valence-corrected chi connectivity index (χ2v) is 5.89. The van der Waals surface area contributed by atoms with Crippen LogP contribution in [0.5, 0.6) is 0 Å². The van der Waals surface area contributed by atoms with Crippen LogP contribution in [0.3, 0.4) is 0 Å². The maximum Gasteiger partial charge on any atom is 0.0402 e. The third kappa shape index (κ3) is 2.73. The molecule has 1 heterocycles. The minimum absolute atomic E-state index is 0.823. The van der Waals surface area contributed by atoms with E-state index in [9.17, 15) is 0 Å². The van der Waals surface area contributed by atoms with Gasteiger partial charge in [-0.1, -0.05) is 25.1 Å². The van der Waals surface area contributed by atoms with Crippen molar-refractivity contribution in [3.8, 4) is 0 Å². The van der Waals surface area contributed by atoms with Gasteiger partial charge in [0.05, 0.1) is 0 Å². The summed E-state index contributed by atoms with van der Waals surface area (Å²) in [7, 11) is 0. The van der Waals surface area contributed by atoms with Gasteiger partial charge in [-0.3, -0.25) is 0 Å². The fourth-order valence-electron chi connectivity index (χ4n) is 2.30. The molecule has 0 bridgehead atoms. The highest BCUT2D eigenvalue weighted by Gasteiger charge is 2.15. The van der Waals surface area contributed by atoms with Gasteiger partial charge in [-0.2, -0.15) is 11.8 Å². The van der Waals surface area contributed by atoms with Crippen LogP contribution < -0.4 is 5.32 Å². The van der Waals surface area contributed by atoms with Gasteiger partial charge in [0.1, 0.15) is 0 Å². The minimum Gasteiger partial charge on any atom is -0.383 e. The van der Waals surface area contributed by atoms with Gasteiger partial charge < -0.3 is 5.32 Å². The molecule has 0 amide bonds. The van der Waals surface area contributed by atoms with Crippen LogP contribution in [0.15, 0.2) is 18.2 Å². The molecule has 0 spiro atoms. The van der Waals surface area contributed by atoms with E-state index in [2.05, 4.69) is 49.1 Å². The minimum atomic E-state index is 0.823. The maximum absolute atomic E-state index is 3.65. The smallest absolute Gasteiger partial charge is 0.0402 e. The second-order valence-electron chi connectivity index (χ2n) is 4.48. The van der Waals surface area contributed by atoms with Crippen molar-refractivity contribution in [1.29, 1.82) is 0 Å². The zero-order valence-corrected chi connectivity index (χ0v) is 11.1. The first-order valence-electron chi connectivity index (χ1n) is 6.25. The van der Waals surface area contributed by atoms with Gasteiger partial charge in [0.2, 0.25) is 0 Å². The monoisotopic (exact) mass is 235 g/mol. The Labute approximate surface area is 103 Å². The van der Waals surface area contributed by atoms with E-state index in [4.69, 9.17) is 0 Å². The van der Waals surface area contributed by atoms with E-state index in [1.807, 2.05) is 0 Å². The quantitative estimate of drug-likeness (QED) is 0.850. The van der Waals surface area contributed by atoms with Crippen molar-refractivity contribution in [3.63, 3.8) is 0 Å². The van der Waals surface area contributed by atoms with Crippen LogP contribution in [0.1, 0.15) is 30.9 Å². The standard InChI is InChI=1S/C14H21NS/c1-3-12-7-4-6-11(2)14(12)15-10-13-8-5-9-16-13/h4,6-7,13,15H,3,5,8-10H2,1-2H3/t13-/m1/s1. The van der Waals surface area contributed by atoms with Crippen molar-refractivity contribution in [3.05, 3.63) is 29.3 Å². The van der Waals surface area contributed by atoms with Crippen LogP contribution in [0.4, 0.5) is 5.69 Å². The van der Waals surface area contributed by atoms with E-state index < -0.39 is 0 Å². The lowest BCUT2D eigenvalue weighted by atomic mass is 10.1. The van der Waals surface area contributed by atoms with E-state index in [1.165, 1.54) is 35.4 Å². The fraction of sp³-hybridized carbons (Fsp3) is 0.571. The van der Waals surface area contributed by atoms with Crippen molar-refractivity contribution >= 4 is 17.4 Å². The van der Waals surface area contributed by atoms with Gasteiger partial charge in [-0.25, -0.2) is 0 Å². The van der Waals surface area contributed by atoms with Gasteiger partial charge in [-0.15, -0.1) is 0 Å². The number of thioether (sulfide) groups is 1. The van der Waals surface area contributed by atoms with Gasteiger partial charge in [-0.05, 0) is 43.1 Å². The molecule has 2 rings (SSSR count). The van der Waals surface area contributed by atoms with Crippen molar-refractivity contribution in [1.82, 2.24) is 0 Å². The first kappa shape index (κ1) is 11.8. The van der Waals surface area contributed by atoms with Crippen LogP contribution in [0.2, 0.25) is 0 Å². The van der Waals surface area contributed by atoms with Crippen LogP contribution in [-0.2, 0) is 6.42 Å². The Morgan fingerprint density at radius 1 is 1.44 bits per heavy atom. The number of aryl methyl sites for hydroxylation is 2. The lowest BCUT2D eigenvalue weighted by molar-refractivity contribution is 0.804. The Morgan fingerprint density at radius 3 is 3.00 bits per heavy atom. The molecule has 1 atom stereocenters. The van der Waals surface area contributed by atoms with Gasteiger partial charge in [0, 0.05) is 17.5 Å². The predicted molar refractivity (Wildman–Crippen MR) is 74.5 cm³/mol. The Kier molecular flexibility index (Phi) is 4.16. The predicted octanol–water partition coefficient (Wildman–Crippen LogP) is 3.86. The SMILES string of the molecule is CCc1cccc(C)c1NC[C@H]1CCCS1. The number of benzene rings is 1. The highest BCUT2D eigenvalue weighted by molar-refractivity contribution is 8.00. The Balaban J connectivity index is 2.01. The summed E-state index contributed by atoms with van der Waals surface area (Å²) in [5.74, 6) is 1.35. The molecular weight excluding hydrogens is 214 g/mol. The molecule has 16 heavy (non-hydrogen) atoms. The molecule has 1 N–H and O–H groups in total. The van der Waals surface area contributed by atoms with Crippen molar-refractivity contribution in [2.75, 3.05) is 17.6 Å². The summed E-state index contributed by atoms with van der Waals surface area (Å²) in [5.41, 5.74) is 4.20. The molecule has 0 aromatic heterocycles. The highest BCUT2D eigenvalue weighted by atomic mass is 32.2. The Hall–Kier alpha value is -0.630. The van der Waals surface area contributed by atoms with Crippen molar-refractivity contribution < 1.29 is 0 Å². The van der Waals surface area contributed by atoms with E-state index in [0.29, 0.717) is 0 Å². The van der Waals surface area contributed by atoms with Gasteiger partial charge >= 0.3 is 0 Å². The number of anilines is 1. The van der Waals surface area contributed by atoms with Gasteiger partial charge in [0.25, 0.3) is 0 Å². The number of nitrogens with one attached hydrogen (secondary N) is 1. The zero-order chi connectivity index (χ0) is 11.4. The summed E-state index contributed by atoms with van der Waals surface area (Å²) >= 11 is 2.12. The molecular formula is C14H21NS. The summed E-state index contributed by atoms with van der Waals surface area (Å²) in [6, 6.07) is 6.59. The molecule has 1 nitrogen and oxygen atoms in total. The number of hydrogen-bond donors (Lipinski definition) is 1. The van der Waals surface area contributed by atoms with Crippen LogP contribution in [0, 0.1) is 6.92 Å². The van der Waals surface area contributed by atoms with Crippen LogP contribution in [0.25, 0.3) is 0 Å². The van der Waals surface area contributed by atoms with E-state index >= 15 is 0 Å². The second kappa shape index (κ2) is 5.62. The summed E-state index contributed by atoms with van der Waals surface area (Å²) in [4.78, 5) is 0. The topological polar surface area (TPSA) is 12.0 Å². The zero-order valence-electron chi connectivity index (χ0n) is 10.3. The summed E-state index contributed by atoms with van der Waals surface area (Å²) in [6.45, 7) is 5.55. The normalized spacial score (nSPS) is 20.0. The third-order valence-corrected chi connectivity index (χ3v) is 4.67. The molecule has 0 radical (unpaired) electrons. The molecule has 0 saturated carbocycles. The lowest BCUT2D eigenvalue weighted by Crippen LogP contribution is -2.15. The van der Waals surface area contributed by atoms with Gasteiger partial charge in [0.15, 0.2) is 0 Å². The van der Waals surface area contributed by atoms with E-state index in [0.717, 1.165) is 18.2 Å². The largest absolute Gasteiger partial charge is 0.383 e. The molecule has 1 saturated heterocycles. The molecule has 88 valence electrons. The molecule has 1 fully saturated rings. The average Bonchev–Trinajstić information content (AvgIpc) is 2.80. The summed E-state index contributed by atoms with van der Waals surface area (Å²) in [5, 5.41) is 4.48. The van der Waals surface area contributed by atoms with Crippen molar-refractivity contribution in [2.24, 2.45) is 0 Å². The number of hydrogen-bond acceptors (Lipinski definition) is 2. The van der Waals surface area contributed by atoms with E-state index in [-0.39, 0.29) is 0 Å². The average molecular weight is 235 g/mol. The van der Waals surface area contributed by atoms with Crippen LogP contribution in [-0.4, -0.2) is 17.5 Å². The Bertz CT molecular complexity index is 343. The third-order valence-electron chi connectivity index (χ3n) is 3.27. The Morgan fingerprint density at radius 2 is 2.31 bits per heavy atom. The maximum atomic E-state index is 3.65. The first-order valence-corrected chi connectivity index (χ1v) is 7.30. The lowest BCUT2D eigenvalue weighted by Gasteiger charge is -2.16. The number of rotatable bonds is 4. The number of para-hydroxylation sites is 1. The molecule has 1 aromatic rings. The molecule has 0 aliphatic carbocycles. The molecule has 1 aliphatic rings. The van der Waals surface area contributed by atoms with E-state index in [1.54, 1.807) is 0 Å². The molecule has 1 aromatic carbocycles. The summed E-state index contributed by atoms with van der Waals surface area (Å²) in [6.07, 6.45) is 3.89. The van der Waals surface area contributed by atoms with Crippen molar-refractivity contribution in [2.45, 2.75) is 38.4 Å². The van der Waals surface area contributed by atoms with Crippen LogP contribution >= 0.6 is 11.8 Å². The highest BCUT2D eigenvalue weighted by Crippen LogP contribution is 2.27. The molecule has 2 heteroatoms. The summed E-state index contributed by atoms with van der Waals surface area (Å²) < 4.78 is 0. The molecule has 0 unspecified atom stereocenters. The fourth-order valence-corrected chi connectivity index (χ4v) is 3.50. The first-order chi connectivity index (χ1) is 7.81.